The van der Waals surface area contributed by atoms with Crippen molar-refractivity contribution in [2.75, 3.05) is 0 Å². The van der Waals surface area contributed by atoms with Gasteiger partial charge in [-0.15, -0.1) is 0 Å². The Morgan fingerprint density at radius 2 is 1.95 bits per heavy atom. The number of hydrogen-bond donors (Lipinski definition) is 0. The topological polar surface area (TPSA) is 47.0 Å². The predicted molar refractivity (Wildman–Crippen MR) is 83.8 cm³/mol. The molecule has 0 bridgehead atoms. The molecule has 0 aliphatic heterocycles. The van der Waals surface area contributed by atoms with Crippen LogP contribution >= 0.6 is 27.5 Å². The Labute approximate surface area is 132 Å². The third kappa shape index (κ3) is 3.40. The third-order valence-corrected chi connectivity index (χ3v) is 5.48. The molecule has 106 valence electrons. The average Bonchev–Trinajstić information content (AvgIpc) is 2.36. The number of sulfone groups is 1. The zero-order valence-corrected chi connectivity index (χ0v) is 14.2. The van der Waals surface area contributed by atoms with E-state index in [0.717, 1.165) is 11.1 Å². The summed E-state index contributed by atoms with van der Waals surface area (Å²) in [6.07, 6.45) is 1.54. The van der Waals surface area contributed by atoms with E-state index in [2.05, 4.69) is 20.9 Å². The van der Waals surface area contributed by atoms with Gasteiger partial charge in [-0.2, -0.15) is 0 Å². The highest BCUT2D eigenvalue weighted by atomic mass is 79.9. The Bertz CT molecular complexity index is 760. The van der Waals surface area contributed by atoms with E-state index in [4.69, 9.17) is 11.6 Å². The van der Waals surface area contributed by atoms with Crippen molar-refractivity contribution < 1.29 is 8.42 Å². The van der Waals surface area contributed by atoms with Crippen molar-refractivity contribution in [2.45, 2.75) is 24.5 Å². The fourth-order valence-corrected chi connectivity index (χ4v) is 4.23. The lowest BCUT2D eigenvalue weighted by Gasteiger charge is -2.10. The summed E-state index contributed by atoms with van der Waals surface area (Å²) in [4.78, 5) is 4.29. The van der Waals surface area contributed by atoms with Crippen LogP contribution in [0.3, 0.4) is 0 Å². The highest BCUT2D eigenvalue weighted by molar-refractivity contribution is 9.10. The molecule has 1 heterocycles. The lowest BCUT2D eigenvalue weighted by Crippen LogP contribution is -2.08. The summed E-state index contributed by atoms with van der Waals surface area (Å²) in [6, 6.07) is 7.06. The molecule has 2 rings (SSSR count). The van der Waals surface area contributed by atoms with Crippen molar-refractivity contribution >= 4 is 37.4 Å². The zero-order chi connectivity index (χ0) is 14.9. The molecule has 0 atom stereocenters. The molecule has 6 heteroatoms. The number of aryl methyl sites for hydroxylation is 2. The van der Waals surface area contributed by atoms with Crippen molar-refractivity contribution in [3.8, 4) is 0 Å². The van der Waals surface area contributed by atoms with Gasteiger partial charge in [0, 0.05) is 16.2 Å². The molecule has 0 amide bonds. The number of halogens is 2. The van der Waals surface area contributed by atoms with E-state index in [-0.39, 0.29) is 10.9 Å². The molecule has 2 aromatic rings. The maximum Gasteiger partial charge on any atom is 0.182 e. The molecule has 1 aromatic carbocycles. The van der Waals surface area contributed by atoms with Crippen LogP contribution in [0.25, 0.3) is 0 Å². The first-order valence-corrected chi connectivity index (χ1v) is 8.72. The molecule has 0 unspecified atom stereocenters. The molecular formula is C14H13BrClNO2S. The quantitative estimate of drug-likeness (QED) is 0.760. The molecule has 0 saturated heterocycles. The van der Waals surface area contributed by atoms with Gasteiger partial charge in [0.05, 0.1) is 10.6 Å². The smallest absolute Gasteiger partial charge is 0.182 e. The van der Waals surface area contributed by atoms with Crippen LogP contribution in [-0.2, 0) is 15.6 Å². The molecule has 1 aromatic heterocycles. The van der Waals surface area contributed by atoms with E-state index in [9.17, 15) is 8.42 Å². The number of pyridine rings is 1. The average molecular weight is 375 g/mol. The van der Waals surface area contributed by atoms with Crippen molar-refractivity contribution in [2.24, 2.45) is 0 Å². The molecule has 0 radical (unpaired) electrons. The van der Waals surface area contributed by atoms with Gasteiger partial charge >= 0.3 is 0 Å². The van der Waals surface area contributed by atoms with Crippen LogP contribution in [0.1, 0.15) is 16.7 Å². The maximum absolute atomic E-state index is 12.5. The lowest BCUT2D eigenvalue weighted by molar-refractivity contribution is 0.594. The van der Waals surface area contributed by atoms with Crippen molar-refractivity contribution in [1.29, 1.82) is 0 Å². The predicted octanol–water partition coefficient (Wildman–Crippen LogP) is 4.09. The standard InChI is InChI=1S/C14H13BrClNO2S/c1-9-3-4-10(2)13(5-9)20(18,19)8-11-6-12(15)7-17-14(11)16/h3-7H,8H2,1-2H3. The largest absolute Gasteiger partial charge is 0.243 e. The summed E-state index contributed by atoms with van der Waals surface area (Å²) in [6.45, 7) is 3.65. The van der Waals surface area contributed by atoms with E-state index >= 15 is 0 Å². The van der Waals surface area contributed by atoms with E-state index in [1.54, 1.807) is 19.1 Å². The Kier molecular flexibility index (Phi) is 4.52. The first kappa shape index (κ1) is 15.5. The summed E-state index contributed by atoms with van der Waals surface area (Å²) < 4.78 is 25.8. The SMILES string of the molecule is Cc1ccc(C)c(S(=O)(=O)Cc2cc(Br)cnc2Cl)c1. The van der Waals surface area contributed by atoms with Crippen LogP contribution in [-0.4, -0.2) is 13.4 Å². The van der Waals surface area contributed by atoms with Crippen molar-refractivity contribution in [3.63, 3.8) is 0 Å². The Morgan fingerprint density at radius 3 is 2.65 bits per heavy atom. The fraction of sp³-hybridized carbons (Fsp3) is 0.214. The molecule has 3 nitrogen and oxygen atoms in total. The molecule has 0 N–H and O–H groups in total. The zero-order valence-electron chi connectivity index (χ0n) is 11.0. The minimum Gasteiger partial charge on any atom is -0.243 e. The summed E-state index contributed by atoms with van der Waals surface area (Å²) >= 11 is 9.23. The van der Waals surface area contributed by atoms with Gasteiger partial charge < -0.3 is 0 Å². The monoisotopic (exact) mass is 373 g/mol. The lowest BCUT2D eigenvalue weighted by atomic mass is 10.2. The van der Waals surface area contributed by atoms with Gasteiger partial charge in [0.2, 0.25) is 0 Å². The van der Waals surface area contributed by atoms with Crippen molar-refractivity contribution in [3.05, 3.63) is 56.8 Å². The second kappa shape index (κ2) is 5.84. The number of rotatable bonds is 3. The second-order valence-electron chi connectivity index (χ2n) is 4.63. The molecule has 0 fully saturated rings. The Balaban J connectivity index is 2.46. The summed E-state index contributed by atoms with van der Waals surface area (Å²) in [5.41, 5.74) is 2.13. The normalized spacial score (nSPS) is 11.6. The van der Waals surface area contributed by atoms with E-state index in [0.29, 0.717) is 14.9 Å². The van der Waals surface area contributed by atoms with Gasteiger partial charge in [-0.25, -0.2) is 13.4 Å². The van der Waals surface area contributed by atoms with E-state index in [1.807, 2.05) is 19.1 Å². The minimum atomic E-state index is -3.45. The highest BCUT2D eigenvalue weighted by Crippen LogP contribution is 2.25. The van der Waals surface area contributed by atoms with E-state index in [1.165, 1.54) is 6.20 Å². The molecule has 0 spiro atoms. The number of hydrogen-bond acceptors (Lipinski definition) is 3. The molecule has 20 heavy (non-hydrogen) atoms. The van der Waals surface area contributed by atoms with Gasteiger partial charge in [-0.3, -0.25) is 0 Å². The van der Waals surface area contributed by atoms with Gasteiger partial charge in [-0.05, 0) is 53.0 Å². The van der Waals surface area contributed by atoms with Crippen LogP contribution in [0.2, 0.25) is 5.15 Å². The first-order valence-electron chi connectivity index (χ1n) is 5.89. The Hall–Kier alpha value is -0.910. The number of benzene rings is 1. The molecule has 0 aliphatic rings. The van der Waals surface area contributed by atoms with Gasteiger partial charge in [0.25, 0.3) is 0 Å². The molecular weight excluding hydrogens is 362 g/mol. The molecule has 0 aliphatic carbocycles. The van der Waals surface area contributed by atoms with E-state index < -0.39 is 9.84 Å². The van der Waals surface area contributed by atoms with Crippen LogP contribution < -0.4 is 0 Å². The second-order valence-corrected chi connectivity index (χ2v) is 7.86. The van der Waals surface area contributed by atoms with Crippen molar-refractivity contribution in [1.82, 2.24) is 4.98 Å². The summed E-state index contributed by atoms with van der Waals surface area (Å²) in [7, 11) is -3.45. The van der Waals surface area contributed by atoms with Crippen LogP contribution in [0.15, 0.2) is 39.8 Å². The minimum absolute atomic E-state index is 0.164. The Morgan fingerprint density at radius 1 is 1.25 bits per heavy atom. The summed E-state index contributed by atoms with van der Waals surface area (Å²) in [5, 5.41) is 0.210. The summed E-state index contributed by atoms with van der Waals surface area (Å²) in [5.74, 6) is -0.164. The van der Waals surface area contributed by atoms with Gasteiger partial charge in [-0.1, -0.05) is 23.7 Å². The maximum atomic E-state index is 12.5. The third-order valence-electron chi connectivity index (χ3n) is 2.90. The fourth-order valence-electron chi connectivity index (χ4n) is 1.89. The highest BCUT2D eigenvalue weighted by Gasteiger charge is 2.20. The number of aromatic nitrogens is 1. The van der Waals surface area contributed by atoms with Gasteiger partial charge in [0.1, 0.15) is 5.15 Å². The van der Waals surface area contributed by atoms with Gasteiger partial charge in [0.15, 0.2) is 9.84 Å². The van der Waals surface area contributed by atoms with Crippen LogP contribution in [0, 0.1) is 13.8 Å². The van der Waals surface area contributed by atoms with Crippen LogP contribution in [0.4, 0.5) is 0 Å². The first-order chi connectivity index (χ1) is 9.29. The van der Waals surface area contributed by atoms with Crippen LogP contribution in [0.5, 0.6) is 0 Å². The molecule has 0 saturated carbocycles. The number of nitrogens with zero attached hydrogens (tertiary/aromatic N) is 1.